The fourth-order valence-corrected chi connectivity index (χ4v) is 1.63. The molecule has 0 aromatic heterocycles. The number of hydrogen-bond donors (Lipinski definition) is 0. The second-order valence-electron chi connectivity index (χ2n) is 4.28. The van der Waals surface area contributed by atoms with Crippen molar-refractivity contribution in [2.45, 2.75) is 25.7 Å². The van der Waals surface area contributed by atoms with Crippen molar-refractivity contribution >= 4 is 29.8 Å². The van der Waals surface area contributed by atoms with E-state index in [4.69, 9.17) is 0 Å². The fraction of sp³-hybridized carbons (Fsp3) is 0.545. The van der Waals surface area contributed by atoms with Gasteiger partial charge in [-0.25, -0.2) is 4.79 Å². The lowest BCUT2D eigenvalue weighted by Crippen LogP contribution is -2.32. The Morgan fingerprint density at radius 1 is 0.826 bits per heavy atom. The molecule has 4 amide bonds. The molecule has 2 saturated heterocycles. The molecule has 0 aliphatic carbocycles. The van der Waals surface area contributed by atoms with Gasteiger partial charge in [0.15, 0.2) is 13.6 Å². The van der Waals surface area contributed by atoms with Gasteiger partial charge in [-0.1, -0.05) is 10.1 Å². The number of rotatable bonds is 7. The number of carbonyl (C=O) groups excluding carboxylic acids is 5. The standard InChI is InChI=1S/C11H12N2O10/c14-7-1-2-8(15)12(7)22-11(18)20-5-19-6-21-23-13-9(16)3-4-10(13)17/h1-6H2. The summed E-state index contributed by atoms with van der Waals surface area (Å²) in [4.78, 5) is 69.0. The van der Waals surface area contributed by atoms with E-state index in [1.807, 2.05) is 0 Å². The Bertz CT molecular complexity index is 501. The summed E-state index contributed by atoms with van der Waals surface area (Å²) in [6, 6.07) is 0. The van der Waals surface area contributed by atoms with Gasteiger partial charge in [-0.05, 0) is 0 Å². The third-order valence-electron chi connectivity index (χ3n) is 2.70. The lowest BCUT2D eigenvalue weighted by Gasteiger charge is -2.13. The minimum absolute atomic E-state index is 0.0337. The van der Waals surface area contributed by atoms with E-state index in [0.717, 1.165) is 0 Å². The number of hydrogen-bond acceptors (Lipinski definition) is 10. The molecule has 2 aliphatic rings. The first-order chi connectivity index (χ1) is 11.0. The number of hydroxylamine groups is 4. The number of carbonyl (C=O) groups is 5. The van der Waals surface area contributed by atoms with Crippen molar-refractivity contribution in [2.24, 2.45) is 0 Å². The summed E-state index contributed by atoms with van der Waals surface area (Å²) in [7, 11) is 0. The van der Waals surface area contributed by atoms with Gasteiger partial charge in [0, 0.05) is 25.7 Å². The number of nitrogens with zero attached hydrogens (tertiary/aromatic N) is 2. The molecule has 0 atom stereocenters. The molecule has 2 fully saturated rings. The molecule has 12 nitrogen and oxygen atoms in total. The molecule has 0 radical (unpaired) electrons. The Morgan fingerprint density at radius 3 is 1.91 bits per heavy atom. The van der Waals surface area contributed by atoms with Crippen LogP contribution in [0.25, 0.3) is 0 Å². The van der Waals surface area contributed by atoms with Gasteiger partial charge in [-0.3, -0.25) is 24.0 Å². The molecule has 2 heterocycles. The van der Waals surface area contributed by atoms with E-state index in [-0.39, 0.29) is 25.7 Å². The van der Waals surface area contributed by atoms with E-state index in [2.05, 4.69) is 24.2 Å². The molecule has 0 aromatic rings. The molecular weight excluding hydrogens is 320 g/mol. The highest BCUT2D eigenvalue weighted by Crippen LogP contribution is 2.13. The molecular formula is C11H12N2O10. The summed E-state index contributed by atoms with van der Waals surface area (Å²) in [5, 5.41) is 0.760. The Balaban J connectivity index is 1.54. The molecule has 0 aromatic carbocycles. The van der Waals surface area contributed by atoms with Crippen molar-refractivity contribution in [3.63, 3.8) is 0 Å². The van der Waals surface area contributed by atoms with Crippen LogP contribution in [0.1, 0.15) is 25.7 Å². The maximum Gasteiger partial charge on any atom is 0.536 e. The molecule has 23 heavy (non-hydrogen) atoms. The highest BCUT2D eigenvalue weighted by Gasteiger charge is 2.33. The molecule has 0 N–H and O–H groups in total. The van der Waals surface area contributed by atoms with E-state index >= 15 is 0 Å². The molecule has 0 spiro atoms. The summed E-state index contributed by atoms with van der Waals surface area (Å²) in [6.07, 6.45) is -1.33. The van der Waals surface area contributed by atoms with Gasteiger partial charge in [0.2, 0.25) is 0 Å². The first kappa shape index (κ1) is 16.8. The van der Waals surface area contributed by atoms with Crippen LogP contribution < -0.4 is 0 Å². The largest absolute Gasteiger partial charge is 0.536 e. The van der Waals surface area contributed by atoms with Gasteiger partial charge in [0.25, 0.3) is 23.6 Å². The summed E-state index contributed by atoms with van der Waals surface area (Å²) in [5.74, 6) is -2.39. The normalized spacial score (nSPS) is 18.1. The molecule has 2 aliphatic heterocycles. The minimum Gasteiger partial charge on any atom is -0.405 e. The summed E-state index contributed by atoms with van der Waals surface area (Å²) < 4.78 is 9.05. The van der Waals surface area contributed by atoms with Crippen LogP contribution in [-0.2, 0) is 43.4 Å². The van der Waals surface area contributed by atoms with Crippen molar-refractivity contribution in [3.05, 3.63) is 0 Å². The predicted octanol–water partition coefficient (Wildman–Crippen LogP) is -0.853. The van der Waals surface area contributed by atoms with E-state index in [1.165, 1.54) is 0 Å². The molecule has 12 heteroatoms. The fourth-order valence-electron chi connectivity index (χ4n) is 1.63. The van der Waals surface area contributed by atoms with E-state index in [1.54, 1.807) is 0 Å². The maximum atomic E-state index is 11.2. The smallest absolute Gasteiger partial charge is 0.405 e. The Hall–Kier alpha value is -2.57. The average molecular weight is 332 g/mol. The van der Waals surface area contributed by atoms with E-state index < -0.39 is 43.4 Å². The number of amides is 4. The third-order valence-corrected chi connectivity index (χ3v) is 2.70. The van der Waals surface area contributed by atoms with Crippen molar-refractivity contribution in [1.29, 1.82) is 0 Å². The van der Waals surface area contributed by atoms with Crippen LogP contribution in [0.4, 0.5) is 4.79 Å². The van der Waals surface area contributed by atoms with Gasteiger partial charge in [-0.15, -0.1) is 5.06 Å². The Kier molecular flexibility index (Phi) is 5.56. The Labute approximate surface area is 128 Å². The zero-order chi connectivity index (χ0) is 16.8. The average Bonchev–Trinajstić information content (AvgIpc) is 3.00. The molecule has 126 valence electrons. The van der Waals surface area contributed by atoms with Crippen molar-refractivity contribution in [1.82, 2.24) is 10.1 Å². The van der Waals surface area contributed by atoms with Gasteiger partial charge in [0.05, 0.1) is 0 Å². The molecule has 0 bridgehead atoms. The lowest BCUT2D eigenvalue weighted by atomic mass is 10.4. The zero-order valence-corrected chi connectivity index (χ0v) is 11.7. The van der Waals surface area contributed by atoms with Gasteiger partial charge in [0.1, 0.15) is 0 Å². The van der Waals surface area contributed by atoms with Crippen LogP contribution in [0.3, 0.4) is 0 Å². The van der Waals surface area contributed by atoms with Crippen LogP contribution in [0.15, 0.2) is 0 Å². The second kappa shape index (κ2) is 7.62. The van der Waals surface area contributed by atoms with Crippen LogP contribution in [-0.4, -0.2) is 53.5 Å². The topological polar surface area (TPSA) is 138 Å². The second-order valence-corrected chi connectivity index (χ2v) is 4.28. The highest BCUT2D eigenvalue weighted by atomic mass is 17.3. The van der Waals surface area contributed by atoms with Crippen molar-refractivity contribution in [2.75, 3.05) is 13.6 Å². The van der Waals surface area contributed by atoms with Gasteiger partial charge in [-0.2, -0.15) is 4.89 Å². The van der Waals surface area contributed by atoms with Crippen LogP contribution >= 0.6 is 0 Å². The van der Waals surface area contributed by atoms with E-state index in [9.17, 15) is 24.0 Å². The monoisotopic (exact) mass is 332 g/mol. The Morgan fingerprint density at radius 2 is 1.35 bits per heavy atom. The summed E-state index contributed by atoms with van der Waals surface area (Å²) in [6.45, 7) is -1.20. The summed E-state index contributed by atoms with van der Waals surface area (Å²) in [5.41, 5.74) is 0. The van der Waals surface area contributed by atoms with Crippen LogP contribution in [0.5, 0.6) is 0 Å². The lowest BCUT2D eigenvalue weighted by molar-refractivity contribution is -0.422. The quantitative estimate of drug-likeness (QED) is 0.145. The zero-order valence-electron chi connectivity index (χ0n) is 11.7. The van der Waals surface area contributed by atoms with E-state index in [0.29, 0.717) is 10.1 Å². The summed E-state index contributed by atoms with van der Waals surface area (Å²) >= 11 is 0. The van der Waals surface area contributed by atoms with Crippen LogP contribution in [0.2, 0.25) is 0 Å². The number of imide groups is 2. The molecule has 0 unspecified atom stereocenters. The molecule has 2 rings (SSSR count). The number of ether oxygens (including phenoxy) is 2. The van der Waals surface area contributed by atoms with Gasteiger partial charge < -0.3 is 9.47 Å². The SMILES string of the molecule is O=C(OCOCOON1C(=O)CCC1=O)ON1C(=O)CCC1=O. The predicted molar refractivity (Wildman–Crippen MR) is 62.7 cm³/mol. The van der Waals surface area contributed by atoms with Crippen molar-refractivity contribution in [3.8, 4) is 0 Å². The highest BCUT2D eigenvalue weighted by molar-refractivity contribution is 6.01. The van der Waals surface area contributed by atoms with Crippen molar-refractivity contribution < 1.29 is 48.2 Å². The maximum absolute atomic E-state index is 11.2. The first-order valence-electron chi connectivity index (χ1n) is 6.42. The minimum atomic E-state index is -1.32. The first-order valence-corrected chi connectivity index (χ1v) is 6.42. The van der Waals surface area contributed by atoms with Gasteiger partial charge >= 0.3 is 6.16 Å². The third kappa shape index (κ3) is 4.45. The van der Waals surface area contributed by atoms with Crippen LogP contribution in [0, 0.1) is 0 Å². The molecule has 0 saturated carbocycles.